The summed E-state index contributed by atoms with van der Waals surface area (Å²) in [5, 5.41) is 0. The Morgan fingerprint density at radius 3 is 1.13 bits per heavy atom. The Labute approximate surface area is 297 Å². The first-order valence-electron chi connectivity index (χ1n) is 16.1. The van der Waals surface area contributed by atoms with Crippen LogP contribution in [0.25, 0.3) is 11.1 Å². The number of aryl methyl sites for hydroxylation is 6. The molecule has 6 aromatic carbocycles. The smallest absolute Gasteiger partial charge is 0.0522 e. The van der Waals surface area contributed by atoms with Gasteiger partial charge in [0.15, 0.2) is 0 Å². The molecule has 0 radical (unpaired) electrons. The highest BCUT2D eigenvalue weighted by atomic mass is 79.9. The van der Waals surface area contributed by atoms with E-state index < -0.39 is 0 Å². The van der Waals surface area contributed by atoms with E-state index in [2.05, 4.69) is 205 Å². The molecule has 0 fully saturated rings. The lowest BCUT2D eigenvalue weighted by molar-refractivity contribution is 1.09. The van der Waals surface area contributed by atoms with Gasteiger partial charge in [0.25, 0.3) is 0 Å². The van der Waals surface area contributed by atoms with Crippen LogP contribution in [-0.4, -0.2) is 0 Å². The molecule has 0 spiro atoms. The van der Waals surface area contributed by atoms with E-state index in [1.54, 1.807) is 0 Å². The fraction of sp³-hybridized carbons (Fsp3) is 0.163. The molecule has 0 aliphatic heterocycles. The summed E-state index contributed by atoms with van der Waals surface area (Å²) < 4.78 is 2.14. The molecule has 6 rings (SSSR count). The van der Waals surface area contributed by atoms with Crippen molar-refractivity contribution in [3.05, 3.63) is 164 Å². The molecule has 0 atom stereocenters. The van der Waals surface area contributed by atoms with E-state index in [4.69, 9.17) is 0 Å². The molecular weight excluding hydrogens is 704 g/mol. The van der Waals surface area contributed by atoms with E-state index in [-0.39, 0.29) is 0 Å². The van der Waals surface area contributed by atoms with Gasteiger partial charge in [0.1, 0.15) is 0 Å². The molecule has 2 nitrogen and oxygen atoms in total. The average molecular weight is 745 g/mol. The van der Waals surface area contributed by atoms with Crippen molar-refractivity contribution in [1.29, 1.82) is 0 Å². The number of hydrogen-bond acceptors (Lipinski definition) is 2. The second kappa shape index (κ2) is 13.9. The predicted molar refractivity (Wildman–Crippen MR) is 210 cm³/mol. The molecule has 0 N–H and O–H groups in total. The number of hydrogen-bond donors (Lipinski definition) is 0. The standard InChI is InChI=1S/C43H40Br2N2/c1-7-33-27-29(3)26-32(6)43(33)47(41-22-14-37(45)15-23-41)39-18-10-35(11-19-39)34-8-16-38(17-9-34)46(40-20-12-36(44)13-21-40)42-30(4)24-28(2)25-31(42)5/h8-27H,7H2,1-6H3. The highest BCUT2D eigenvalue weighted by molar-refractivity contribution is 9.10. The number of nitrogens with zero attached hydrogens (tertiary/aromatic N) is 2. The Balaban J connectivity index is 1.38. The summed E-state index contributed by atoms with van der Waals surface area (Å²) in [7, 11) is 0. The van der Waals surface area contributed by atoms with Crippen LogP contribution in [0, 0.1) is 34.6 Å². The monoisotopic (exact) mass is 742 g/mol. The van der Waals surface area contributed by atoms with Crippen molar-refractivity contribution < 1.29 is 0 Å². The maximum atomic E-state index is 3.62. The van der Waals surface area contributed by atoms with Gasteiger partial charge in [-0.25, -0.2) is 0 Å². The van der Waals surface area contributed by atoms with E-state index in [9.17, 15) is 0 Å². The minimum atomic E-state index is 0.966. The largest absolute Gasteiger partial charge is 0.310 e. The van der Waals surface area contributed by atoms with Crippen molar-refractivity contribution in [1.82, 2.24) is 0 Å². The molecule has 0 saturated heterocycles. The summed E-state index contributed by atoms with van der Waals surface area (Å²) in [4.78, 5) is 4.77. The minimum absolute atomic E-state index is 0.966. The van der Waals surface area contributed by atoms with Gasteiger partial charge >= 0.3 is 0 Å². The molecule has 6 aromatic rings. The van der Waals surface area contributed by atoms with Crippen LogP contribution in [0.5, 0.6) is 0 Å². The summed E-state index contributed by atoms with van der Waals surface area (Å²) in [5.41, 5.74) is 17.1. The minimum Gasteiger partial charge on any atom is -0.310 e. The lowest BCUT2D eigenvalue weighted by Gasteiger charge is -2.30. The van der Waals surface area contributed by atoms with E-state index in [0.717, 1.165) is 38.1 Å². The fourth-order valence-electron chi connectivity index (χ4n) is 6.76. The van der Waals surface area contributed by atoms with Crippen LogP contribution in [0.4, 0.5) is 34.1 Å². The average Bonchev–Trinajstić information content (AvgIpc) is 3.05. The van der Waals surface area contributed by atoms with Crippen molar-refractivity contribution in [3.8, 4) is 11.1 Å². The van der Waals surface area contributed by atoms with Crippen LogP contribution < -0.4 is 9.80 Å². The molecule has 0 aliphatic carbocycles. The third kappa shape index (κ3) is 6.95. The number of rotatable bonds is 8. The summed E-state index contributed by atoms with van der Waals surface area (Å²) in [6.45, 7) is 13.2. The first-order valence-corrected chi connectivity index (χ1v) is 17.7. The highest BCUT2D eigenvalue weighted by Crippen LogP contribution is 2.42. The van der Waals surface area contributed by atoms with E-state index in [0.29, 0.717) is 0 Å². The van der Waals surface area contributed by atoms with Gasteiger partial charge in [0.2, 0.25) is 0 Å². The molecule has 0 aromatic heterocycles. The van der Waals surface area contributed by atoms with E-state index in [1.807, 2.05) is 0 Å². The first kappa shape index (κ1) is 32.8. The zero-order chi connectivity index (χ0) is 33.2. The van der Waals surface area contributed by atoms with Crippen LogP contribution in [0.15, 0.2) is 130 Å². The van der Waals surface area contributed by atoms with Crippen molar-refractivity contribution in [2.75, 3.05) is 9.80 Å². The summed E-state index contributed by atoms with van der Waals surface area (Å²) in [5.74, 6) is 0. The second-order valence-corrected chi connectivity index (χ2v) is 14.2. The third-order valence-electron chi connectivity index (χ3n) is 8.74. The molecule has 4 heteroatoms. The van der Waals surface area contributed by atoms with Crippen LogP contribution in [0.1, 0.15) is 40.3 Å². The Hall–Kier alpha value is -4.12. The maximum absolute atomic E-state index is 3.62. The van der Waals surface area contributed by atoms with Crippen molar-refractivity contribution >= 4 is 66.0 Å². The Morgan fingerprint density at radius 1 is 0.426 bits per heavy atom. The van der Waals surface area contributed by atoms with Crippen LogP contribution in [0.2, 0.25) is 0 Å². The van der Waals surface area contributed by atoms with Crippen LogP contribution in [-0.2, 0) is 6.42 Å². The number of anilines is 6. The molecular formula is C43H40Br2N2. The molecule has 47 heavy (non-hydrogen) atoms. The van der Waals surface area contributed by atoms with E-state index >= 15 is 0 Å². The van der Waals surface area contributed by atoms with Crippen LogP contribution >= 0.6 is 31.9 Å². The zero-order valence-electron chi connectivity index (χ0n) is 27.9. The summed E-state index contributed by atoms with van der Waals surface area (Å²) in [6.07, 6.45) is 0.966. The third-order valence-corrected chi connectivity index (χ3v) is 9.80. The van der Waals surface area contributed by atoms with Gasteiger partial charge in [-0.05, 0) is 147 Å². The molecule has 236 valence electrons. The van der Waals surface area contributed by atoms with Crippen molar-refractivity contribution in [2.24, 2.45) is 0 Å². The zero-order valence-corrected chi connectivity index (χ0v) is 31.1. The Morgan fingerprint density at radius 2 is 0.745 bits per heavy atom. The Bertz CT molecular complexity index is 1990. The lowest BCUT2D eigenvalue weighted by atomic mass is 9.99. The van der Waals surface area contributed by atoms with Gasteiger partial charge in [0, 0.05) is 31.7 Å². The van der Waals surface area contributed by atoms with Gasteiger partial charge in [0.05, 0.1) is 11.4 Å². The quantitative estimate of drug-likeness (QED) is 0.153. The van der Waals surface area contributed by atoms with Gasteiger partial charge < -0.3 is 9.80 Å². The van der Waals surface area contributed by atoms with Gasteiger partial charge in [-0.1, -0.05) is 98.4 Å². The van der Waals surface area contributed by atoms with Gasteiger partial charge in [-0.15, -0.1) is 0 Å². The maximum Gasteiger partial charge on any atom is 0.0522 e. The topological polar surface area (TPSA) is 6.48 Å². The molecule has 0 unspecified atom stereocenters. The number of halogens is 2. The van der Waals surface area contributed by atoms with Crippen LogP contribution in [0.3, 0.4) is 0 Å². The lowest BCUT2D eigenvalue weighted by Crippen LogP contribution is -2.14. The van der Waals surface area contributed by atoms with Gasteiger partial charge in [-0.2, -0.15) is 0 Å². The summed E-state index contributed by atoms with van der Waals surface area (Å²) >= 11 is 7.24. The molecule has 0 amide bonds. The fourth-order valence-corrected chi connectivity index (χ4v) is 7.29. The summed E-state index contributed by atoms with van der Waals surface area (Å²) in [6, 6.07) is 44.2. The predicted octanol–water partition coefficient (Wildman–Crippen LogP) is 13.9. The molecule has 0 saturated carbocycles. The SMILES string of the molecule is CCc1cc(C)cc(C)c1N(c1ccc(Br)cc1)c1ccc(-c2ccc(N(c3ccc(Br)cc3)c3c(C)cc(C)cc3C)cc2)cc1. The first-order chi connectivity index (χ1) is 22.6. The van der Waals surface area contributed by atoms with E-state index in [1.165, 1.54) is 55.9 Å². The molecule has 0 aliphatic rings. The number of benzene rings is 6. The van der Waals surface area contributed by atoms with Crippen molar-refractivity contribution in [2.45, 2.75) is 48.0 Å². The molecule has 0 bridgehead atoms. The van der Waals surface area contributed by atoms with Crippen molar-refractivity contribution in [3.63, 3.8) is 0 Å². The molecule has 0 heterocycles. The second-order valence-electron chi connectivity index (χ2n) is 12.4. The van der Waals surface area contributed by atoms with Gasteiger partial charge in [-0.3, -0.25) is 0 Å². The highest BCUT2D eigenvalue weighted by Gasteiger charge is 2.20. The Kier molecular flexibility index (Phi) is 9.72. The normalized spacial score (nSPS) is 11.1.